The van der Waals surface area contributed by atoms with Gasteiger partial charge in [0.1, 0.15) is 5.75 Å². The highest BCUT2D eigenvalue weighted by atomic mass is 16.5. The summed E-state index contributed by atoms with van der Waals surface area (Å²) in [6.07, 6.45) is 6.63. The van der Waals surface area contributed by atoms with Gasteiger partial charge in [-0.25, -0.2) is 0 Å². The van der Waals surface area contributed by atoms with Gasteiger partial charge in [-0.05, 0) is 61.6 Å². The molecule has 0 saturated heterocycles. The maximum absolute atomic E-state index is 12.7. The van der Waals surface area contributed by atoms with Crippen LogP contribution >= 0.6 is 0 Å². The van der Waals surface area contributed by atoms with Crippen LogP contribution < -0.4 is 15.4 Å². The first-order valence-electron chi connectivity index (χ1n) is 11.0. The molecule has 1 fully saturated rings. The average Bonchev–Trinajstić information content (AvgIpc) is 2.74. The molecule has 0 spiro atoms. The third-order valence-electron chi connectivity index (χ3n) is 5.38. The molecule has 5 heteroatoms. The van der Waals surface area contributed by atoms with Gasteiger partial charge in [-0.15, -0.1) is 0 Å². The lowest BCUT2D eigenvalue weighted by atomic mass is 9.95. The first kappa shape index (κ1) is 21.9. The van der Waals surface area contributed by atoms with Crippen molar-refractivity contribution in [2.24, 2.45) is 5.92 Å². The van der Waals surface area contributed by atoms with Crippen molar-refractivity contribution in [2.45, 2.75) is 58.4 Å². The highest BCUT2D eigenvalue weighted by Gasteiger charge is 2.17. The summed E-state index contributed by atoms with van der Waals surface area (Å²) in [4.78, 5) is 25.3. The van der Waals surface area contributed by atoms with Crippen molar-refractivity contribution < 1.29 is 14.3 Å². The second-order valence-electron chi connectivity index (χ2n) is 8.40. The molecule has 0 unspecified atom stereocenters. The number of ether oxygens (including phenoxy) is 1. The summed E-state index contributed by atoms with van der Waals surface area (Å²) >= 11 is 0. The Morgan fingerprint density at radius 1 is 0.967 bits per heavy atom. The molecule has 5 nitrogen and oxygen atoms in total. The Bertz CT molecular complexity index is 857. The molecule has 2 aromatic rings. The van der Waals surface area contributed by atoms with E-state index in [2.05, 4.69) is 24.5 Å². The van der Waals surface area contributed by atoms with Gasteiger partial charge in [-0.3, -0.25) is 9.59 Å². The topological polar surface area (TPSA) is 67.4 Å². The van der Waals surface area contributed by atoms with Crippen molar-refractivity contribution in [3.8, 4) is 5.75 Å². The van der Waals surface area contributed by atoms with Crippen molar-refractivity contribution in [2.75, 3.05) is 11.9 Å². The highest BCUT2D eigenvalue weighted by Crippen LogP contribution is 2.19. The fourth-order valence-corrected chi connectivity index (χ4v) is 3.60. The van der Waals surface area contributed by atoms with Crippen LogP contribution in [0.3, 0.4) is 0 Å². The number of carbonyl (C=O) groups excluding carboxylic acids is 2. The summed E-state index contributed by atoms with van der Waals surface area (Å²) < 4.78 is 5.75. The lowest BCUT2D eigenvalue weighted by molar-refractivity contribution is 0.0926. The zero-order valence-electron chi connectivity index (χ0n) is 17.9. The minimum atomic E-state index is -0.228. The van der Waals surface area contributed by atoms with Gasteiger partial charge < -0.3 is 15.4 Å². The van der Waals surface area contributed by atoms with E-state index in [9.17, 15) is 9.59 Å². The van der Waals surface area contributed by atoms with E-state index in [1.165, 1.54) is 19.3 Å². The van der Waals surface area contributed by atoms with E-state index in [1.54, 1.807) is 36.4 Å². The normalized spacial score (nSPS) is 14.4. The van der Waals surface area contributed by atoms with Crippen molar-refractivity contribution in [3.05, 3.63) is 59.7 Å². The number of carbonyl (C=O) groups is 2. The van der Waals surface area contributed by atoms with Gasteiger partial charge in [0.05, 0.1) is 6.61 Å². The fraction of sp³-hybridized carbons (Fsp3) is 0.440. The standard InChI is InChI=1S/C25H32N2O3/c1-18(2)14-15-30-23-13-7-9-20(17-23)25(29)27-22-12-6-8-19(16-22)24(28)26-21-10-4-3-5-11-21/h6-9,12-13,16-18,21H,3-5,10-11,14-15H2,1-2H3,(H,26,28)(H,27,29). The number of hydrogen-bond donors (Lipinski definition) is 2. The first-order valence-corrected chi connectivity index (χ1v) is 11.0. The SMILES string of the molecule is CC(C)CCOc1cccc(C(=O)Nc2cccc(C(=O)NC3CCCCC3)c2)c1. The molecule has 0 aliphatic heterocycles. The molecule has 0 radical (unpaired) electrons. The molecular formula is C25H32N2O3. The quantitative estimate of drug-likeness (QED) is 0.612. The van der Waals surface area contributed by atoms with Gasteiger partial charge in [-0.1, -0.05) is 45.2 Å². The summed E-state index contributed by atoms with van der Waals surface area (Å²) in [5.41, 5.74) is 1.68. The summed E-state index contributed by atoms with van der Waals surface area (Å²) in [6, 6.07) is 14.5. The van der Waals surface area contributed by atoms with E-state index in [0.717, 1.165) is 19.3 Å². The maximum Gasteiger partial charge on any atom is 0.255 e. The summed E-state index contributed by atoms with van der Waals surface area (Å²) in [5.74, 6) is 0.940. The Morgan fingerprint density at radius 3 is 2.40 bits per heavy atom. The molecule has 1 saturated carbocycles. The van der Waals surface area contributed by atoms with Crippen molar-refractivity contribution in [1.82, 2.24) is 5.32 Å². The number of anilines is 1. The monoisotopic (exact) mass is 408 g/mol. The van der Waals surface area contributed by atoms with E-state index in [-0.39, 0.29) is 17.9 Å². The molecule has 2 aromatic carbocycles. The van der Waals surface area contributed by atoms with Crippen LogP contribution in [0.1, 0.15) is 73.1 Å². The maximum atomic E-state index is 12.7. The minimum Gasteiger partial charge on any atom is -0.494 e. The summed E-state index contributed by atoms with van der Waals surface area (Å²) in [6.45, 7) is 4.93. The molecule has 3 rings (SSSR count). The number of hydrogen-bond acceptors (Lipinski definition) is 3. The second kappa shape index (κ2) is 10.8. The molecule has 0 bridgehead atoms. The lowest BCUT2D eigenvalue weighted by Gasteiger charge is -2.22. The van der Waals surface area contributed by atoms with Crippen molar-refractivity contribution >= 4 is 17.5 Å². The Morgan fingerprint density at radius 2 is 1.67 bits per heavy atom. The van der Waals surface area contributed by atoms with Crippen LogP contribution in [-0.2, 0) is 0 Å². The molecule has 1 aliphatic rings. The lowest BCUT2D eigenvalue weighted by Crippen LogP contribution is -2.36. The van der Waals surface area contributed by atoms with Crippen LogP contribution in [-0.4, -0.2) is 24.5 Å². The van der Waals surface area contributed by atoms with E-state index >= 15 is 0 Å². The molecule has 160 valence electrons. The highest BCUT2D eigenvalue weighted by molar-refractivity contribution is 6.05. The largest absolute Gasteiger partial charge is 0.494 e. The fourth-order valence-electron chi connectivity index (χ4n) is 3.60. The van der Waals surface area contributed by atoms with Gasteiger partial charge in [0.15, 0.2) is 0 Å². The third kappa shape index (κ3) is 6.61. The molecule has 30 heavy (non-hydrogen) atoms. The van der Waals surface area contributed by atoms with Crippen LogP contribution in [0, 0.1) is 5.92 Å². The van der Waals surface area contributed by atoms with E-state index in [0.29, 0.717) is 35.1 Å². The zero-order valence-corrected chi connectivity index (χ0v) is 17.9. The van der Waals surface area contributed by atoms with Gasteiger partial charge in [-0.2, -0.15) is 0 Å². The number of rotatable bonds is 8. The average molecular weight is 409 g/mol. The molecule has 2 amide bonds. The van der Waals surface area contributed by atoms with Crippen molar-refractivity contribution in [1.29, 1.82) is 0 Å². The molecule has 1 aliphatic carbocycles. The minimum absolute atomic E-state index is 0.0847. The molecule has 0 aromatic heterocycles. The second-order valence-corrected chi connectivity index (χ2v) is 8.40. The number of amides is 2. The Balaban J connectivity index is 1.60. The molecule has 2 N–H and O–H groups in total. The van der Waals surface area contributed by atoms with Gasteiger partial charge in [0.2, 0.25) is 0 Å². The van der Waals surface area contributed by atoms with Gasteiger partial charge in [0, 0.05) is 22.9 Å². The van der Waals surface area contributed by atoms with Gasteiger partial charge >= 0.3 is 0 Å². The van der Waals surface area contributed by atoms with Crippen LogP contribution in [0.2, 0.25) is 0 Å². The van der Waals surface area contributed by atoms with E-state index in [4.69, 9.17) is 4.74 Å². The Hall–Kier alpha value is -2.82. The van der Waals surface area contributed by atoms with Crippen LogP contribution in [0.15, 0.2) is 48.5 Å². The van der Waals surface area contributed by atoms with E-state index in [1.807, 2.05) is 12.1 Å². The van der Waals surface area contributed by atoms with Crippen molar-refractivity contribution in [3.63, 3.8) is 0 Å². The predicted molar refractivity (Wildman–Crippen MR) is 120 cm³/mol. The molecule has 0 heterocycles. The van der Waals surface area contributed by atoms with E-state index < -0.39 is 0 Å². The Labute approximate surface area is 179 Å². The first-order chi connectivity index (χ1) is 14.5. The van der Waals surface area contributed by atoms with Gasteiger partial charge in [0.25, 0.3) is 11.8 Å². The number of benzene rings is 2. The Kier molecular flexibility index (Phi) is 7.89. The summed E-state index contributed by atoms with van der Waals surface area (Å²) in [7, 11) is 0. The number of nitrogens with one attached hydrogen (secondary N) is 2. The smallest absolute Gasteiger partial charge is 0.255 e. The third-order valence-corrected chi connectivity index (χ3v) is 5.38. The molecule has 0 atom stereocenters. The predicted octanol–water partition coefficient (Wildman–Crippen LogP) is 5.43. The van der Waals surface area contributed by atoms with Crippen LogP contribution in [0.5, 0.6) is 5.75 Å². The zero-order chi connectivity index (χ0) is 21.3. The summed E-state index contributed by atoms with van der Waals surface area (Å²) in [5, 5.41) is 6.00. The van der Waals surface area contributed by atoms with Crippen LogP contribution in [0.4, 0.5) is 5.69 Å². The van der Waals surface area contributed by atoms with Crippen LogP contribution in [0.25, 0.3) is 0 Å². The molecular weight excluding hydrogens is 376 g/mol.